The Labute approximate surface area is 279 Å². The van der Waals surface area contributed by atoms with Crippen molar-refractivity contribution in [2.75, 3.05) is 13.7 Å². The molecule has 49 heavy (non-hydrogen) atoms. The molecule has 1 fully saturated rings. The van der Waals surface area contributed by atoms with Crippen molar-refractivity contribution in [2.24, 2.45) is 5.92 Å². The Balaban J connectivity index is 1.60. The molecule has 1 saturated heterocycles. The second-order valence-electron chi connectivity index (χ2n) is 13.6. The standard InChI is InChI=1S/C36H36O13/c1-14-10-19(41)27-25(31(14)47-9-8-35(2,3)45)32-24-28(36(27,49-32)26-16(38)6-5-7-17(26)39)33-22(23(30(24)43)34(44)46-4)29(42)21-18(40)11-15(13-37)12-20(21)48-33/h5-7,10-12,23-24,28,30,32,37-41,43,45H,8-9,13H2,1-4H3/t23-,24-,28+,30+,32+,36+/m1/s1. The van der Waals surface area contributed by atoms with Gasteiger partial charge in [-0.2, -0.15) is 0 Å². The topological polar surface area (TPSA) is 217 Å². The Bertz CT molecular complexity index is 2070. The summed E-state index contributed by atoms with van der Waals surface area (Å²) in [4.78, 5) is 27.8. The van der Waals surface area contributed by atoms with Crippen LogP contribution in [-0.2, 0) is 26.5 Å². The molecular weight excluding hydrogens is 640 g/mol. The van der Waals surface area contributed by atoms with E-state index in [2.05, 4.69) is 0 Å². The van der Waals surface area contributed by atoms with Gasteiger partial charge >= 0.3 is 5.97 Å². The number of ether oxygens (including phenoxy) is 3. The number of rotatable bonds is 7. The number of carbonyl (C=O) groups is 1. The van der Waals surface area contributed by atoms with E-state index in [1.54, 1.807) is 20.8 Å². The Hall–Kier alpha value is -4.82. The zero-order valence-corrected chi connectivity index (χ0v) is 27.1. The van der Waals surface area contributed by atoms with Gasteiger partial charge in [-0.3, -0.25) is 9.59 Å². The number of aryl methyl sites for hydroxylation is 1. The van der Waals surface area contributed by atoms with Crippen LogP contribution in [0.1, 0.15) is 77.3 Å². The van der Waals surface area contributed by atoms with Crippen molar-refractivity contribution in [3.05, 3.63) is 85.8 Å². The van der Waals surface area contributed by atoms with Crippen LogP contribution in [-0.4, -0.2) is 67.1 Å². The number of hydrogen-bond donors (Lipinski definition) is 7. The number of hydrogen-bond acceptors (Lipinski definition) is 13. The second-order valence-corrected chi connectivity index (χ2v) is 13.6. The highest BCUT2D eigenvalue weighted by Crippen LogP contribution is 2.74. The van der Waals surface area contributed by atoms with Gasteiger partial charge in [0.2, 0.25) is 5.43 Å². The summed E-state index contributed by atoms with van der Waals surface area (Å²) < 4.78 is 24.5. The first-order valence-corrected chi connectivity index (χ1v) is 15.8. The highest BCUT2D eigenvalue weighted by Gasteiger charge is 2.72. The van der Waals surface area contributed by atoms with Crippen LogP contribution >= 0.6 is 0 Å². The summed E-state index contributed by atoms with van der Waals surface area (Å²) in [5.74, 6) is -6.61. The number of phenols is 4. The monoisotopic (exact) mass is 676 g/mol. The summed E-state index contributed by atoms with van der Waals surface area (Å²) in [7, 11) is 1.10. The molecule has 0 amide bonds. The smallest absolute Gasteiger partial charge is 0.316 e. The number of carbonyl (C=O) groups excluding carboxylic acids is 1. The molecule has 7 N–H and O–H groups in total. The van der Waals surface area contributed by atoms with E-state index in [0.717, 1.165) is 7.11 Å². The highest BCUT2D eigenvalue weighted by atomic mass is 16.5. The Morgan fingerprint density at radius 2 is 1.69 bits per heavy atom. The summed E-state index contributed by atoms with van der Waals surface area (Å²) in [5.41, 5.74) is -3.58. The molecular formula is C36H36O13. The van der Waals surface area contributed by atoms with Gasteiger partial charge in [-0.05, 0) is 62.2 Å². The Morgan fingerprint density at radius 3 is 2.33 bits per heavy atom. The van der Waals surface area contributed by atoms with E-state index < -0.39 is 76.4 Å². The zero-order chi connectivity index (χ0) is 35.3. The van der Waals surface area contributed by atoms with Gasteiger partial charge in [-0.15, -0.1) is 0 Å². The van der Waals surface area contributed by atoms with Crippen LogP contribution in [0.25, 0.3) is 11.0 Å². The minimum absolute atomic E-state index is 0.0466. The van der Waals surface area contributed by atoms with E-state index in [4.69, 9.17) is 18.6 Å². The Kier molecular flexibility index (Phi) is 7.41. The highest BCUT2D eigenvalue weighted by molar-refractivity contribution is 5.88. The fourth-order valence-electron chi connectivity index (χ4n) is 8.09. The van der Waals surface area contributed by atoms with E-state index in [1.807, 2.05) is 0 Å². The number of aliphatic hydroxyl groups excluding tert-OH is 2. The summed E-state index contributed by atoms with van der Waals surface area (Å²) in [6.07, 6.45) is -2.63. The second kappa shape index (κ2) is 11.1. The third kappa shape index (κ3) is 4.53. The number of esters is 1. The maximum Gasteiger partial charge on any atom is 0.316 e. The molecule has 3 heterocycles. The van der Waals surface area contributed by atoms with Gasteiger partial charge in [0, 0.05) is 23.5 Å². The first-order chi connectivity index (χ1) is 23.2. The zero-order valence-electron chi connectivity index (χ0n) is 27.1. The normalized spacial score (nSPS) is 25.2. The summed E-state index contributed by atoms with van der Waals surface area (Å²) >= 11 is 0. The molecule has 1 aromatic heterocycles. The molecule has 0 radical (unpaired) electrons. The average molecular weight is 677 g/mol. The molecule has 1 aliphatic carbocycles. The lowest BCUT2D eigenvalue weighted by molar-refractivity contribution is -0.147. The molecule has 13 heteroatoms. The van der Waals surface area contributed by atoms with Gasteiger partial charge in [-0.1, -0.05) is 6.07 Å². The van der Waals surface area contributed by atoms with Crippen molar-refractivity contribution in [1.82, 2.24) is 0 Å². The average Bonchev–Trinajstić information content (AvgIpc) is 3.55. The molecule has 13 nitrogen and oxygen atoms in total. The van der Waals surface area contributed by atoms with Crippen LogP contribution in [0.3, 0.4) is 0 Å². The number of aromatic hydroxyl groups is 4. The molecule has 2 aliphatic heterocycles. The summed E-state index contributed by atoms with van der Waals surface area (Å²) in [6.45, 7) is 4.48. The van der Waals surface area contributed by atoms with Gasteiger partial charge in [0.05, 0.1) is 55.2 Å². The summed E-state index contributed by atoms with van der Waals surface area (Å²) in [5, 5.41) is 77.4. The fraction of sp³-hybridized carbons (Fsp3) is 0.389. The lowest BCUT2D eigenvalue weighted by atomic mass is 9.57. The van der Waals surface area contributed by atoms with Gasteiger partial charge in [-0.25, -0.2) is 0 Å². The molecule has 0 saturated carbocycles. The van der Waals surface area contributed by atoms with E-state index in [0.29, 0.717) is 5.56 Å². The van der Waals surface area contributed by atoms with E-state index >= 15 is 0 Å². The molecule has 0 spiro atoms. The van der Waals surface area contributed by atoms with Crippen LogP contribution in [0.2, 0.25) is 0 Å². The Morgan fingerprint density at radius 1 is 1.00 bits per heavy atom. The number of aliphatic hydroxyl groups is 3. The lowest BCUT2D eigenvalue weighted by Crippen LogP contribution is -2.49. The van der Waals surface area contributed by atoms with Crippen LogP contribution in [0.15, 0.2) is 45.6 Å². The van der Waals surface area contributed by atoms with Crippen molar-refractivity contribution in [3.63, 3.8) is 0 Å². The van der Waals surface area contributed by atoms with Crippen LogP contribution in [0.4, 0.5) is 0 Å². The van der Waals surface area contributed by atoms with Crippen LogP contribution < -0.4 is 10.2 Å². The van der Waals surface area contributed by atoms with Crippen molar-refractivity contribution in [1.29, 1.82) is 0 Å². The van der Waals surface area contributed by atoms with Crippen molar-refractivity contribution < 1.29 is 59.2 Å². The largest absolute Gasteiger partial charge is 0.508 e. The SMILES string of the molecule is COC(=O)[C@@H]1c2c(oc3cc(CO)cc(O)c3c2=O)[C@@H]2[C@H]([C@H]1O)[C@@H]1O[C@@]2(c2c(O)cccc2O)c2c(O)cc(C)c(OCCC(C)(C)O)c21. The molecule has 3 aromatic carbocycles. The summed E-state index contributed by atoms with van der Waals surface area (Å²) in [6, 6.07) is 7.97. The lowest BCUT2D eigenvalue weighted by Gasteiger charge is -2.44. The van der Waals surface area contributed by atoms with Crippen molar-refractivity contribution in [2.45, 2.75) is 69.0 Å². The van der Waals surface area contributed by atoms with Crippen LogP contribution in [0.5, 0.6) is 28.7 Å². The number of phenolic OH excluding ortho intramolecular Hbond substituents is 4. The third-order valence-electron chi connectivity index (χ3n) is 10.0. The number of benzene rings is 3. The number of methoxy groups -OCH3 is 1. The maximum absolute atomic E-state index is 14.3. The molecule has 2 bridgehead atoms. The van der Waals surface area contributed by atoms with Crippen LogP contribution in [0, 0.1) is 12.8 Å². The first-order valence-electron chi connectivity index (χ1n) is 15.8. The van der Waals surface area contributed by atoms with E-state index in [-0.39, 0.29) is 69.1 Å². The van der Waals surface area contributed by atoms with Crippen molar-refractivity contribution in [3.8, 4) is 28.7 Å². The van der Waals surface area contributed by atoms with Gasteiger partial charge < -0.3 is 54.4 Å². The van der Waals surface area contributed by atoms with E-state index in [1.165, 1.54) is 36.4 Å². The third-order valence-corrected chi connectivity index (χ3v) is 10.0. The molecule has 6 atom stereocenters. The molecule has 258 valence electrons. The molecule has 7 rings (SSSR count). The number of fused-ring (bicyclic) bond motifs is 11. The molecule has 4 aromatic rings. The fourth-order valence-corrected chi connectivity index (χ4v) is 8.09. The quantitative estimate of drug-likeness (QED) is 0.140. The molecule has 3 aliphatic rings. The van der Waals surface area contributed by atoms with E-state index in [9.17, 15) is 45.3 Å². The maximum atomic E-state index is 14.3. The van der Waals surface area contributed by atoms with Gasteiger partial charge in [0.25, 0.3) is 0 Å². The first kappa shape index (κ1) is 32.7. The van der Waals surface area contributed by atoms with Gasteiger partial charge in [0.1, 0.15) is 57.0 Å². The predicted octanol–water partition coefficient (Wildman–Crippen LogP) is 3.32. The van der Waals surface area contributed by atoms with Crippen molar-refractivity contribution >= 4 is 16.9 Å². The minimum atomic E-state index is -2.04. The predicted molar refractivity (Wildman–Crippen MR) is 171 cm³/mol. The molecule has 0 unspecified atom stereocenters. The minimum Gasteiger partial charge on any atom is -0.508 e. The van der Waals surface area contributed by atoms with Gasteiger partial charge in [0.15, 0.2) is 0 Å².